The van der Waals surface area contributed by atoms with Crippen molar-refractivity contribution in [1.29, 1.82) is 0 Å². The Labute approximate surface area is 197 Å². The molecule has 4 rings (SSSR count). The van der Waals surface area contributed by atoms with E-state index in [2.05, 4.69) is 5.10 Å². The van der Waals surface area contributed by atoms with Gasteiger partial charge < -0.3 is 9.30 Å². The minimum atomic E-state index is -3.05. The van der Waals surface area contributed by atoms with E-state index >= 15 is 0 Å². The van der Waals surface area contributed by atoms with Crippen LogP contribution in [0, 0.1) is 13.8 Å². The summed E-state index contributed by atoms with van der Waals surface area (Å²) < 4.78 is 32.4. The quantitative estimate of drug-likeness (QED) is 0.372. The second-order valence-corrected chi connectivity index (χ2v) is 10.9. The Morgan fingerprint density at radius 3 is 2.70 bits per heavy atom. The summed E-state index contributed by atoms with van der Waals surface area (Å²) in [6.07, 6.45) is 3.46. The molecule has 8 nitrogen and oxygen atoms in total. The van der Waals surface area contributed by atoms with Gasteiger partial charge in [-0.25, -0.2) is 13.2 Å². The summed E-state index contributed by atoms with van der Waals surface area (Å²) in [5.74, 6) is -0.763. The third-order valence-corrected chi connectivity index (χ3v) is 7.97. The fourth-order valence-electron chi connectivity index (χ4n) is 4.25. The summed E-state index contributed by atoms with van der Waals surface area (Å²) >= 11 is 6.17. The Morgan fingerprint density at radius 2 is 2.00 bits per heavy atom. The maximum atomic E-state index is 12.7. The van der Waals surface area contributed by atoms with E-state index in [1.165, 1.54) is 6.20 Å². The maximum absolute atomic E-state index is 12.7. The summed E-state index contributed by atoms with van der Waals surface area (Å²) in [4.78, 5) is 25.2. The second kappa shape index (κ2) is 9.15. The van der Waals surface area contributed by atoms with Crippen molar-refractivity contribution < 1.29 is 22.7 Å². The normalized spacial score (nSPS) is 17.2. The minimum Gasteiger partial charge on any atom is -0.454 e. The van der Waals surface area contributed by atoms with E-state index in [1.54, 1.807) is 29.9 Å². The molecule has 3 aromatic rings. The van der Waals surface area contributed by atoms with Crippen molar-refractivity contribution in [2.75, 3.05) is 18.1 Å². The monoisotopic (exact) mass is 489 g/mol. The lowest BCUT2D eigenvalue weighted by molar-refractivity contribution is 0.0474. The van der Waals surface area contributed by atoms with Gasteiger partial charge >= 0.3 is 5.97 Å². The van der Waals surface area contributed by atoms with Gasteiger partial charge in [0.2, 0.25) is 5.78 Å². The van der Waals surface area contributed by atoms with Gasteiger partial charge in [-0.1, -0.05) is 29.8 Å². The van der Waals surface area contributed by atoms with E-state index in [0.717, 1.165) is 11.3 Å². The number of aryl methyl sites for hydroxylation is 1. The van der Waals surface area contributed by atoms with Crippen LogP contribution >= 0.6 is 11.6 Å². The van der Waals surface area contributed by atoms with Crippen LogP contribution < -0.4 is 0 Å². The van der Waals surface area contributed by atoms with Gasteiger partial charge in [0, 0.05) is 34.2 Å². The lowest BCUT2D eigenvalue weighted by atomic mass is 10.1. The highest BCUT2D eigenvalue weighted by molar-refractivity contribution is 7.91. The largest absolute Gasteiger partial charge is 0.454 e. The number of ketones is 1. The lowest BCUT2D eigenvalue weighted by Gasteiger charge is -2.16. The molecule has 3 heterocycles. The summed E-state index contributed by atoms with van der Waals surface area (Å²) in [6.45, 7) is 3.61. The molecule has 1 atom stereocenters. The van der Waals surface area contributed by atoms with Gasteiger partial charge in [-0.15, -0.1) is 0 Å². The van der Waals surface area contributed by atoms with Gasteiger partial charge in [0.05, 0.1) is 29.8 Å². The van der Waals surface area contributed by atoms with Crippen LogP contribution in [0.5, 0.6) is 0 Å². The zero-order valence-electron chi connectivity index (χ0n) is 18.3. The van der Waals surface area contributed by atoms with Crippen LogP contribution in [0.2, 0.25) is 5.02 Å². The first-order valence-electron chi connectivity index (χ1n) is 10.5. The number of Topliss-reactive ketones (excluding diaryl/α,β-unsaturated/α-hetero) is 1. The molecule has 1 aromatic carbocycles. The van der Waals surface area contributed by atoms with Gasteiger partial charge in [0.15, 0.2) is 16.4 Å². The number of carbonyl (C=O) groups excluding carboxylic acids is 2. The van der Waals surface area contributed by atoms with Crippen LogP contribution in [-0.2, 0) is 21.1 Å². The van der Waals surface area contributed by atoms with Gasteiger partial charge in [0.25, 0.3) is 0 Å². The molecule has 0 N–H and O–H groups in total. The fraction of sp³-hybridized carbons (Fsp3) is 0.348. The number of sulfone groups is 1. The van der Waals surface area contributed by atoms with Crippen LogP contribution in [0.1, 0.15) is 50.1 Å². The molecule has 1 unspecified atom stereocenters. The average Bonchev–Trinajstić information content (AvgIpc) is 3.45. The third-order valence-electron chi connectivity index (χ3n) is 5.85. The van der Waals surface area contributed by atoms with Gasteiger partial charge in [0.1, 0.15) is 0 Å². The standard InChI is InChI=1S/C23H24ClN3O5S/c1-15-9-20(16(2)27(15)19-7-8-33(30,31)14-19)22(28)13-32-23(29)18-10-25-26(12-18)11-17-5-3-4-6-21(17)24/h3-6,9-10,12,19H,7-8,11,13-14H2,1-2H3. The average molecular weight is 490 g/mol. The maximum Gasteiger partial charge on any atom is 0.341 e. The fourth-order valence-corrected chi connectivity index (χ4v) is 6.14. The molecule has 0 spiro atoms. The number of carbonyl (C=O) groups is 2. The van der Waals surface area contributed by atoms with Crippen molar-refractivity contribution in [1.82, 2.24) is 14.3 Å². The smallest absolute Gasteiger partial charge is 0.341 e. The van der Waals surface area contributed by atoms with E-state index in [-0.39, 0.29) is 28.9 Å². The van der Waals surface area contributed by atoms with Crippen LogP contribution in [0.25, 0.3) is 0 Å². The van der Waals surface area contributed by atoms with Gasteiger partial charge in [-0.3, -0.25) is 9.48 Å². The summed E-state index contributed by atoms with van der Waals surface area (Å²) in [5, 5.41) is 4.77. The molecule has 1 aliphatic heterocycles. The number of halogens is 1. The topological polar surface area (TPSA) is 100 Å². The van der Waals surface area contributed by atoms with Crippen molar-refractivity contribution in [3.63, 3.8) is 0 Å². The highest BCUT2D eigenvalue weighted by atomic mass is 35.5. The van der Waals surface area contributed by atoms with Crippen LogP contribution in [0.3, 0.4) is 0 Å². The molecular weight excluding hydrogens is 466 g/mol. The lowest BCUT2D eigenvalue weighted by Crippen LogP contribution is -2.17. The molecule has 0 radical (unpaired) electrons. The van der Waals surface area contributed by atoms with Crippen LogP contribution in [0.4, 0.5) is 0 Å². The van der Waals surface area contributed by atoms with E-state index in [4.69, 9.17) is 16.3 Å². The van der Waals surface area contributed by atoms with Crippen molar-refractivity contribution in [2.45, 2.75) is 32.9 Å². The summed E-state index contributed by atoms with van der Waals surface area (Å²) in [7, 11) is -3.05. The zero-order chi connectivity index (χ0) is 23.8. The number of hydrogen-bond acceptors (Lipinski definition) is 6. The molecule has 0 bridgehead atoms. The Morgan fingerprint density at radius 1 is 1.24 bits per heavy atom. The number of ether oxygens (including phenoxy) is 1. The number of esters is 1. The highest BCUT2D eigenvalue weighted by Gasteiger charge is 2.31. The number of benzene rings is 1. The van der Waals surface area contributed by atoms with E-state index in [1.807, 2.05) is 29.7 Å². The summed E-state index contributed by atoms with van der Waals surface area (Å²) in [5.41, 5.74) is 3.02. The molecule has 2 aromatic heterocycles. The summed E-state index contributed by atoms with van der Waals surface area (Å²) in [6, 6.07) is 8.90. The molecule has 1 aliphatic rings. The predicted octanol–water partition coefficient (Wildman–Crippen LogP) is 3.40. The first kappa shape index (κ1) is 23.3. The second-order valence-electron chi connectivity index (χ2n) is 8.23. The Bertz CT molecular complexity index is 1330. The molecule has 0 aliphatic carbocycles. The molecule has 1 fully saturated rings. The molecule has 33 heavy (non-hydrogen) atoms. The molecular formula is C23H24ClN3O5S. The van der Waals surface area contributed by atoms with Crippen molar-refractivity contribution in [2.24, 2.45) is 0 Å². The Kier molecular flexibility index (Phi) is 6.45. The molecule has 0 saturated carbocycles. The first-order valence-corrected chi connectivity index (χ1v) is 12.7. The molecule has 10 heteroatoms. The van der Waals surface area contributed by atoms with Crippen molar-refractivity contribution in [3.8, 4) is 0 Å². The van der Waals surface area contributed by atoms with Gasteiger partial charge in [-0.05, 0) is 38.0 Å². The van der Waals surface area contributed by atoms with Crippen LogP contribution in [0.15, 0.2) is 42.7 Å². The third kappa shape index (κ3) is 5.04. The number of nitrogens with zero attached hydrogens (tertiary/aromatic N) is 3. The van der Waals surface area contributed by atoms with Crippen LogP contribution in [-0.4, -0.2) is 52.6 Å². The first-order chi connectivity index (χ1) is 15.6. The number of rotatable bonds is 7. The minimum absolute atomic E-state index is 0.0736. The van der Waals surface area contributed by atoms with Gasteiger partial charge in [-0.2, -0.15) is 5.10 Å². The zero-order valence-corrected chi connectivity index (χ0v) is 19.9. The SMILES string of the molecule is Cc1cc(C(=O)COC(=O)c2cnn(Cc3ccccc3Cl)c2)c(C)n1C1CCS(=O)(=O)C1. The Balaban J connectivity index is 1.39. The molecule has 174 valence electrons. The van der Waals surface area contributed by atoms with E-state index in [0.29, 0.717) is 29.2 Å². The number of hydrogen-bond donors (Lipinski definition) is 0. The molecule has 1 saturated heterocycles. The van der Waals surface area contributed by atoms with E-state index in [9.17, 15) is 18.0 Å². The van der Waals surface area contributed by atoms with E-state index < -0.39 is 22.4 Å². The Hall–Kier alpha value is -2.91. The highest BCUT2D eigenvalue weighted by Crippen LogP contribution is 2.29. The van der Waals surface area contributed by atoms with Crippen molar-refractivity contribution >= 4 is 33.2 Å². The predicted molar refractivity (Wildman–Crippen MR) is 124 cm³/mol. The molecule has 0 amide bonds. The van der Waals surface area contributed by atoms with Crippen molar-refractivity contribution in [3.05, 3.63) is 75.8 Å². The number of aromatic nitrogens is 3.